The summed E-state index contributed by atoms with van der Waals surface area (Å²) < 4.78 is 45.1. The van der Waals surface area contributed by atoms with Crippen molar-refractivity contribution in [2.45, 2.75) is 99.0 Å². The van der Waals surface area contributed by atoms with Gasteiger partial charge in [-0.3, -0.25) is 4.79 Å². The van der Waals surface area contributed by atoms with Crippen molar-refractivity contribution >= 4 is 5.91 Å². The first-order valence-electron chi connectivity index (χ1n) is 15.3. The largest absolute Gasteiger partial charge is 0.497 e. The molecule has 0 saturated carbocycles. The summed E-state index contributed by atoms with van der Waals surface area (Å²) in [4.78, 5) is 12.3. The smallest absolute Gasteiger partial charge is 0.217 e. The molecule has 0 bridgehead atoms. The van der Waals surface area contributed by atoms with E-state index in [1.165, 1.54) is 14.0 Å². The van der Waals surface area contributed by atoms with Crippen molar-refractivity contribution < 1.29 is 88.6 Å². The molecule has 3 aliphatic rings. The Morgan fingerprint density at radius 1 is 0.667 bits per heavy atom. The van der Waals surface area contributed by atoms with Crippen molar-refractivity contribution in [2.75, 3.05) is 40.1 Å². The third kappa shape index (κ3) is 8.88. The molecule has 3 saturated heterocycles. The normalized spacial score (nSPS) is 40.3. The molecule has 1 aromatic rings. The highest BCUT2D eigenvalue weighted by Crippen LogP contribution is 2.33. The Morgan fingerprint density at radius 3 is 1.77 bits per heavy atom. The van der Waals surface area contributed by atoms with E-state index in [1.54, 1.807) is 24.3 Å². The minimum atomic E-state index is -1.92. The summed E-state index contributed by atoms with van der Waals surface area (Å²) in [7, 11) is 1.52. The Bertz CT molecular complexity index is 1130. The zero-order chi connectivity index (χ0) is 35.1. The van der Waals surface area contributed by atoms with Crippen LogP contribution in [0.25, 0.3) is 0 Å². The summed E-state index contributed by atoms with van der Waals surface area (Å²) in [6.07, 6.45) is -23.3. The van der Waals surface area contributed by atoms with Crippen molar-refractivity contribution in [3.05, 3.63) is 24.3 Å². The maximum absolute atomic E-state index is 12.3. The molecule has 0 spiro atoms. The Kier molecular flexibility index (Phi) is 14.1. The minimum Gasteiger partial charge on any atom is -0.497 e. The van der Waals surface area contributed by atoms with Gasteiger partial charge in [0, 0.05) is 6.92 Å². The van der Waals surface area contributed by atoms with Gasteiger partial charge in [-0.25, -0.2) is 0 Å². The number of rotatable bonds is 14. The Balaban J connectivity index is 1.54. The molecule has 19 nitrogen and oxygen atoms in total. The number of aliphatic hydroxyl groups excluding tert-OH is 9. The molecule has 48 heavy (non-hydrogen) atoms. The van der Waals surface area contributed by atoms with Crippen LogP contribution in [0.2, 0.25) is 0 Å². The molecule has 3 fully saturated rings. The third-order valence-electron chi connectivity index (χ3n) is 8.17. The lowest BCUT2D eigenvalue weighted by atomic mass is 9.95. The lowest BCUT2D eigenvalue weighted by molar-refractivity contribution is -0.382. The van der Waals surface area contributed by atoms with Crippen molar-refractivity contribution in [1.29, 1.82) is 0 Å². The van der Waals surface area contributed by atoms with Crippen molar-refractivity contribution in [3.8, 4) is 11.5 Å². The summed E-state index contributed by atoms with van der Waals surface area (Å²) in [5, 5.41) is 95.6. The maximum atomic E-state index is 12.3. The molecule has 0 unspecified atom stereocenters. The van der Waals surface area contributed by atoms with E-state index in [4.69, 9.17) is 37.9 Å². The molecule has 3 aliphatic heterocycles. The van der Waals surface area contributed by atoms with Crippen LogP contribution in [0.3, 0.4) is 0 Å². The molecular formula is C29H45NO18. The molecule has 0 aliphatic carbocycles. The number of nitrogens with one attached hydrogen (secondary N) is 1. The highest BCUT2D eigenvalue weighted by atomic mass is 16.8. The van der Waals surface area contributed by atoms with E-state index in [1.807, 2.05) is 0 Å². The van der Waals surface area contributed by atoms with E-state index < -0.39 is 118 Å². The zero-order valence-electron chi connectivity index (χ0n) is 26.2. The van der Waals surface area contributed by atoms with Crippen LogP contribution in [0.5, 0.6) is 11.5 Å². The fraction of sp³-hybridized carbons (Fsp3) is 0.759. The topological polar surface area (TPSA) is 285 Å². The fourth-order valence-corrected chi connectivity index (χ4v) is 5.56. The molecule has 10 N–H and O–H groups in total. The summed E-state index contributed by atoms with van der Waals surface area (Å²) in [5.41, 5.74) is 0. The van der Waals surface area contributed by atoms with Gasteiger partial charge in [0.2, 0.25) is 5.91 Å². The van der Waals surface area contributed by atoms with Gasteiger partial charge in [0.25, 0.3) is 0 Å². The number of aliphatic hydroxyl groups is 9. The second-order valence-corrected chi connectivity index (χ2v) is 11.4. The highest BCUT2D eigenvalue weighted by molar-refractivity contribution is 5.73. The molecule has 0 radical (unpaired) electrons. The van der Waals surface area contributed by atoms with Crippen LogP contribution in [0, 0.1) is 0 Å². The average molecular weight is 696 g/mol. The predicted molar refractivity (Wildman–Crippen MR) is 155 cm³/mol. The zero-order valence-corrected chi connectivity index (χ0v) is 26.2. The van der Waals surface area contributed by atoms with Gasteiger partial charge in [-0.15, -0.1) is 0 Å². The molecule has 1 aromatic carbocycles. The number of hydrogen-bond donors (Lipinski definition) is 10. The van der Waals surface area contributed by atoms with Gasteiger partial charge in [0.1, 0.15) is 91.3 Å². The van der Waals surface area contributed by atoms with Crippen LogP contribution < -0.4 is 14.8 Å². The standard InChI is InChI=1S/C29H45NO18/c1-12(34)30-18-25(21(37)17(11-33)44-27(18)43-8-7-42-14-5-3-13(41-2)4-6-14)47-29-26(23(39)20(36)16(10-32)46-29)48-28-24(40)22(38)19(35)15(9-31)45-28/h3-6,15-29,31-33,35-40H,7-11H2,1-2H3,(H,30,34)/t15-,16-,17-,18-,19-,20-,21+,22+,23+,24+,25-,26+,27-,28-,29-/m1/s1. The SMILES string of the molecule is COc1ccc(OCCO[C@@H]2O[C@H](CO)[C@H](O)[C@H](O[C@H]3O[C@H](CO)[C@@H](O)[C@H](O)[C@@H]3O[C@H]3O[C@H](CO)[C@@H](O)[C@H](O)[C@@H]3O)[C@H]2NC(C)=O)cc1. The van der Waals surface area contributed by atoms with E-state index in [0.717, 1.165) is 0 Å². The van der Waals surface area contributed by atoms with E-state index in [2.05, 4.69) is 5.32 Å². The second kappa shape index (κ2) is 17.6. The van der Waals surface area contributed by atoms with Gasteiger partial charge in [-0.1, -0.05) is 0 Å². The summed E-state index contributed by atoms with van der Waals surface area (Å²) in [6, 6.07) is 5.45. The molecule has 274 valence electrons. The molecule has 3 heterocycles. The molecule has 1 amide bonds. The summed E-state index contributed by atoms with van der Waals surface area (Å²) >= 11 is 0. The molecule has 4 rings (SSSR count). The van der Waals surface area contributed by atoms with E-state index in [-0.39, 0.29) is 13.2 Å². The Hall–Kier alpha value is -2.31. The quantitative estimate of drug-likeness (QED) is 0.0813. The second-order valence-electron chi connectivity index (χ2n) is 11.4. The number of carbonyl (C=O) groups is 1. The number of benzene rings is 1. The van der Waals surface area contributed by atoms with Gasteiger partial charge in [-0.2, -0.15) is 0 Å². The first-order chi connectivity index (χ1) is 22.9. The van der Waals surface area contributed by atoms with Crippen LogP contribution >= 0.6 is 0 Å². The van der Waals surface area contributed by atoms with Gasteiger partial charge < -0.3 is 89.2 Å². The Morgan fingerprint density at radius 2 is 1.19 bits per heavy atom. The predicted octanol–water partition coefficient (Wildman–Crippen LogP) is -5.32. The minimum absolute atomic E-state index is 0.0137. The lowest BCUT2D eigenvalue weighted by Gasteiger charge is -2.49. The number of carbonyl (C=O) groups excluding carboxylic acids is 1. The third-order valence-corrected chi connectivity index (χ3v) is 8.17. The van der Waals surface area contributed by atoms with Crippen LogP contribution in [0.4, 0.5) is 0 Å². The van der Waals surface area contributed by atoms with Crippen LogP contribution in [-0.4, -0.2) is 184 Å². The molecule has 0 aromatic heterocycles. The van der Waals surface area contributed by atoms with E-state index >= 15 is 0 Å². The van der Waals surface area contributed by atoms with Gasteiger partial charge >= 0.3 is 0 Å². The van der Waals surface area contributed by atoms with E-state index in [9.17, 15) is 50.8 Å². The van der Waals surface area contributed by atoms with Crippen molar-refractivity contribution in [1.82, 2.24) is 5.32 Å². The van der Waals surface area contributed by atoms with Gasteiger partial charge in [-0.05, 0) is 24.3 Å². The van der Waals surface area contributed by atoms with Gasteiger partial charge in [0.05, 0.1) is 33.5 Å². The number of ether oxygens (including phenoxy) is 8. The summed E-state index contributed by atoms with van der Waals surface area (Å²) in [6.45, 7) is -1.24. The first-order valence-corrected chi connectivity index (χ1v) is 15.3. The number of amides is 1. The lowest BCUT2D eigenvalue weighted by Crippen LogP contribution is -2.69. The van der Waals surface area contributed by atoms with Crippen LogP contribution in [0.1, 0.15) is 6.92 Å². The van der Waals surface area contributed by atoms with E-state index in [0.29, 0.717) is 11.5 Å². The number of methoxy groups -OCH3 is 1. The first kappa shape index (κ1) is 38.5. The maximum Gasteiger partial charge on any atom is 0.217 e. The number of hydrogen-bond acceptors (Lipinski definition) is 18. The molecule has 15 atom stereocenters. The van der Waals surface area contributed by atoms with Crippen LogP contribution in [-0.2, 0) is 33.2 Å². The monoisotopic (exact) mass is 695 g/mol. The van der Waals surface area contributed by atoms with Gasteiger partial charge in [0.15, 0.2) is 18.9 Å². The van der Waals surface area contributed by atoms with Crippen molar-refractivity contribution in [3.63, 3.8) is 0 Å². The average Bonchev–Trinajstić information content (AvgIpc) is 3.08. The van der Waals surface area contributed by atoms with Crippen LogP contribution in [0.15, 0.2) is 24.3 Å². The molecule has 19 heteroatoms. The highest BCUT2D eigenvalue weighted by Gasteiger charge is 2.54. The Labute approximate surface area is 275 Å². The molecular weight excluding hydrogens is 650 g/mol. The van der Waals surface area contributed by atoms with Crippen molar-refractivity contribution in [2.24, 2.45) is 0 Å². The summed E-state index contributed by atoms with van der Waals surface area (Å²) in [5.74, 6) is 0.533. The fourth-order valence-electron chi connectivity index (χ4n) is 5.56.